The number of hydrogen-bond donors (Lipinski definition) is 1. The van der Waals surface area contributed by atoms with Gasteiger partial charge < -0.3 is 14.8 Å². The Hall–Kier alpha value is -1.47. The topological polar surface area (TPSA) is 54.0 Å². The van der Waals surface area contributed by atoms with Crippen LogP contribution in [0.3, 0.4) is 0 Å². The second-order valence-electron chi connectivity index (χ2n) is 8.79. The highest BCUT2D eigenvalue weighted by Gasteiger charge is 2.42. The fourth-order valence-electron chi connectivity index (χ4n) is 4.86. The number of hydrogen-bond acceptors (Lipinski definition) is 5. The third-order valence-corrected chi connectivity index (χ3v) is 6.83. The zero-order valence-corrected chi connectivity index (χ0v) is 17.6. The van der Waals surface area contributed by atoms with Crippen LogP contribution in [-0.4, -0.2) is 79.4 Å². The summed E-state index contributed by atoms with van der Waals surface area (Å²) in [6.07, 6.45) is 4.50. The predicted molar refractivity (Wildman–Crippen MR) is 113 cm³/mol. The molecule has 1 amide bonds. The number of carbonyl (C=O) groups is 1. The van der Waals surface area contributed by atoms with Crippen molar-refractivity contribution in [3.05, 3.63) is 35.9 Å². The molecule has 3 aliphatic rings. The smallest absolute Gasteiger partial charge is 0.237 e. The van der Waals surface area contributed by atoms with Crippen LogP contribution in [0, 0.1) is 0 Å². The minimum atomic E-state index is -0.101. The van der Waals surface area contributed by atoms with Gasteiger partial charge in [-0.25, -0.2) is 0 Å². The lowest BCUT2D eigenvalue weighted by Crippen LogP contribution is -2.51. The van der Waals surface area contributed by atoms with Gasteiger partial charge in [0.25, 0.3) is 0 Å². The van der Waals surface area contributed by atoms with Gasteiger partial charge >= 0.3 is 0 Å². The predicted octanol–water partition coefficient (Wildman–Crippen LogP) is 2.04. The monoisotopic (exact) mass is 401 g/mol. The van der Waals surface area contributed by atoms with Crippen molar-refractivity contribution in [1.82, 2.24) is 15.1 Å². The molecule has 1 N–H and O–H groups in total. The van der Waals surface area contributed by atoms with E-state index in [4.69, 9.17) is 9.47 Å². The number of rotatable bonds is 6. The molecule has 6 nitrogen and oxygen atoms in total. The first kappa shape index (κ1) is 20.8. The van der Waals surface area contributed by atoms with E-state index < -0.39 is 0 Å². The number of benzene rings is 1. The normalized spacial score (nSPS) is 26.4. The number of morpholine rings is 1. The molecular formula is C23H35N3O3. The maximum atomic E-state index is 12.5. The number of nitrogens with one attached hydrogen (secondary N) is 1. The fourth-order valence-corrected chi connectivity index (χ4v) is 4.86. The summed E-state index contributed by atoms with van der Waals surface area (Å²) in [5.74, 6) is 0.106. The van der Waals surface area contributed by atoms with Crippen LogP contribution in [0.2, 0.25) is 0 Å². The van der Waals surface area contributed by atoms with E-state index in [2.05, 4.69) is 45.4 Å². The van der Waals surface area contributed by atoms with Gasteiger partial charge in [0.15, 0.2) is 0 Å². The van der Waals surface area contributed by atoms with E-state index in [1.807, 2.05) is 6.92 Å². The largest absolute Gasteiger partial charge is 0.379 e. The van der Waals surface area contributed by atoms with E-state index >= 15 is 0 Å². The molecule has 3 fully saturated rings. The molecule has 4 rings (SSSR count). The summed E-state index contributed by atoms with van der Waals surface area (Å²) in [5.41, 5.74) is 1.41. The lowest BCUT2D eigenvalue weighted by Gasteiger charge is -2.39. The highest BCUT2D eigenvalue weighted by atomic mass is 16.5. The molecule has 0 aromatic heterocycles. The van der Waals surface area contributed by atoms with Gasteiger partial charge in [-0.3, -0.25) is 14.6 Å². The third-order valence-electron chi connectivity index (χ3n) is 6.83. The Balaban J connectivity index is 1.19. The summed E-state index contributed by atoms with van der Waals surface area (Å²) >= 11 is 0. The highest BCUT2D eigenvalue weighted by molar-refractivity contribution is 5.81. The Kier molecular flexibility index (Phi) is 6.85. The molecule has 6 heteroatoms. The Morgan fingerprint density at radius 1 is 1.14 bits per heavy atom. The molecule has 1 spiro atoms. The second kappa shape index (κ2) is 9.56. The Morgan fingerprint density at radius 2 is 1.86 bits per heavy atom. The van der Waals surface area contributed by atoms with Crippen molar-refractivity contribution in [1.29, 1.82) is 0 Å². The van der Waals surface area contributed by atoms with Crippen LogP contribution in [0.5, 0.6) is 0 Å². The summed E-state index contributed by atoms with van der Waals surface area (Å²) in [4.78, 5) is 17.3. The summed E-state index contributed by atoms with van der Waals surface area (Å²) in [7, 11) is 0. The lowest BCUT2D eigenvalue weighted by molar-refractivity contribution is -0.129. The van der Waals surface area contributed by atoms with Crippen molar-refractivity contribution in [3.63, 3.8) is 0 Å². The molecule has 3 aliphatic heterocycles. The first-order valence-corrected chi connectivity index (χ1v) is 11.2. The third kappa shape index (κ3) is 5.37. The Morgan fingerprint density at radius 3 is 2.59 bits per heavy atom. The van der Waals surface area contributed by atoms with Gasteiger partial charge in [-0.15, -0.1) is 0 Å². The number of carbonyl (C=O) groups excluding carboxylic acids is 1. The molecule has 0 radical (unpaired) electrons. The SMILES string of the molecule is C[C@@H](C(=O)NC[C@H]1CCC2(CCN(Cc3ccccc3)CC2)O1)N1CCOCC1. The van der Waals surface area contributed by atoms with Crippen molar-refractivity contribution in [2.75, 3.05) is 45.9 Å². The van der Waals surface area contributed by atoms with Gasteiger partial charge in [-0.1, -0.05) is 30.3 Å². The standard InChI is InChI=1S/C23H35N3O3/c1-19(26-13-15-28-16-14-26)22(27)24-17-21-7-8-23(29-21)9-11-25(12-10-23)18-20-5-3-2-4-6-20/h2-6,19,21H,7-18H2,1H3,(H,24,27)/t19-,21+/m0/s1. The van der Waals surface area contributed by atoms with Crippen molar-refractivity contribution in [2.45, 2.75) is 56.9 Å². The maximum Gasteiger partial charge on any atom is 0.237 e. The maximum absolute atomic E-state index is 12.5. The van der Waals surface area contributed by atoms with Crippen LogP contribution in [0.1, 0.15) is 38.2 Å². The van der Waals surface area contributed by atoms with Gasteiger partial charge in [0, 0.05) is 39.3 Å². The molecule has 0 unspecified atom stereocenters. The molecule has 1 aromatic rings. The first-order chi connectivity index (χ1) is 14.1. The van der Waals surface area contributed by atoms with Crippen molar-refractivity contribution in [2.24, 2.45) is 0 Å². The molecule has 1 aromatic carbocycles. The van der Waals surface area contributed by atoms with E-state index in [1.165, 1.54) is 5.56 Å². The average molecular weight is 402 g/mol. The van der Waals surface area contributed by atoms with Gasteiger partial charge in [0.2, 0.25) is 5.91 Å². The van der Waals surface area contributed by atoms with Crippen LogP contribution in [0.15, 0.2) is 30.3 Å². The molecular weight excluding hydrogens is 366 g/mol. The number of piperidine rings is 1. The minimum absolute atomic E-state index is 0.0262. The minimum Gasteiger partial charge on any atom is -0.379 e. The average Bonchev–Trinajstić information content (AvgIpc) is 3.17. The van der Waals surface area contributed by atoms with Gasteiger partial charge in [-0.2, -0.15) is 0 Å². The van der Waals surface area contributed by atoms with Crippen molar-refractivity contribution >= 4 is 5.91 Å². The van der Waals surface area contributed by atoms with Crippen molar-refractivity contribution in [3.8, 4) is 0 Å². The van der Waals surface area contributed by atoms with Crippen LogP contribution in [0.4, 0.5) is 0 Å². The summed E-state index contributed by atoms with van der Waals surface area (Å²) in [5, 5.41) is 3.13. The van der Waals surface area contributed by atoms with Crippen LogP contribution in [-0.2, 0) is 20.8 Å². The number of ether oxygens (including phenoxy) is 2. The second-order valence-corrected chi connectivity index (χ2v) is 8.79. The number of amides is 1. The van der Waals surface area contributed by atoms with Crippen molar-refractivity contribution < 1.29 is 14.3 Å². The Bertz CT molecular complexity index is 655. The molecule has 0 aliphatic carbocycles. The molecule has 3 saturated heterocycles. The summed E-state index contributed by atoms with van der Waals surface area (Å²) in [6.45, 7) is 8.90. The number of likely N-dealkylation sites (tertiary alicyclic amines) is 1. The quantitative estimate of drug-likeness (QED) is 0.791. The van der Waals surface area contributed by atoms with E-state index in [9.17, 15) is 4.79 Å². The highest BCUT2D eigenvalue weighted by Crippen LogP contribution is 2.39. The molecule has 160 valence electrons. The zero-order valence-electron chi connectivity index (χ0n) is 17.6. The van der Waals surface area contributed by atoms with Crippen LogP contribution < -0.4 is 5.32 Å². The molecule has 0 saturated carbocycles. The zero-order chi connectivity index (χ0) is 20.1. The first-order valence-electron chi connectivity index (χ1n) is 11.2. The van der Waals surface area contributed by atoms with E-state index in [-0.39, 0.29) is 23.7 Å². The van der Waals surface area contributed by atoms with Gasteiger partial charge in [0.1, 0.15) is 0 Å². The van der Waals surface area contributed by atoms with E-state index in [1.54, 1.807) is 0 Å². The Labute approximate surface area is 174 Å². The van der Waals surface area contributed by atoms with Gasteiger partial charge in [0.05, 0.1) is 31.0 Å². The fraction of sp³-hybridized carbons (Fsp3) is 0.696. The molecule has 0 bridgehead atoms. The number of nitrogens with zero attached hydrogens (tertiary/aromatic N) is 2. The summed E-state index contributed by atoms with van der Waals surface area (Å²) < 4.78 is 11.9. The molecule has 2 atom stereocenters. The molecule has 3 heterocycles. The summed E-state index contributed by atoms with van der Waals surface area (Å²) in [6, 6.07) is 10.6. The van der Waals surface area contributed by atoms with Gasteiger partial charge in [-0.05, 0) is 38.2 Å². The lowest BCUT2D eigenvalue weighted by atomic mass is 9.88. The molecule has 29 heavy (non-hydrogen) atoms. The van der Waals surface area contributed by atoms with E-state index in [0.717, 1.165) is 58.4 Å². The van der Waals surface area contributed by atoms with Crippen LogP contribution >= 0.6 is 0 Å². The van der Waals surface area contributed by atoms with Crippen LogP contribution in [0.25, 0.3) is 0 Å². The van der Waals surface area contributed by atoms with E-state index in [0.29, 0.717) is 19.8 Å².